The van der Waals surface area contributed by atoms with Crippen LogP contribution in [-0.4, -0.2) is 0 Å². The molecule has 13 rings (SSSR count). The molecule has 13 aliphatic rings. The Bertz CT molecular complexity index is 1710. The van der Waals surface area contributed by atoms with Gasteiger partial charge in [-0.2, -0.15) is 0 Å². The van der Waals surface area contributed by atoms with Gasteiger partial charge in [-0.15, -0.1) is 0 Å². The minimum Gasteiger partial charge on any atom is -0.0651 e. The van der Waals surface area contributed by atoms with Crippen LogP contribution in [0.3, 0.4) is 0 Å². The molecule has 0 aromatic rings. The van der Waals surface area contributed by atoms with Gasteiger partial charge in [0.15, 0.2) is 0 Å². The topological polar surface area (TPSA) is 0 Å². The highest BCUT2D eigenvalue weighted by molar-refractivity contribution is 5.03. The molecule has 13 saturated carbocycles. The first-order valence-electron chi connectivity index (χ1n) is 43.0. The first-order chi connectivity index (χ1) is 43.0. The van der Waals surface area contributed by atoms with Gasteiger partial charge in [-0.1, -0.05) is 285 Å². The third kappa shape index (κ3) is 27.7. The van der Waals surface area contributed by atoms with Crippen LogP contribution in [0, 0.1) is 159 Å². The zero-order valence-corrected chi connectivity index (χ0v) is 65.3. The Hall–Kier alpha value is 0. The van der Waals surface area contributed by atoms with E-state index < -0.39 is 0 Å². The van der Waals surface area contributed by atoms with E-state index >= 15 is 0 Å². The van der Waals surface area contributed by atoms with Crippen LogP contribution in [0.25, 0.3) is 0 Å². The van der Waals surface area contributed by atoms with Crippen molar-refractivity contribution in [1.82, 2.24) is 0 Å². The first-order valence-corrected chi connectivity index (χ1v) is 43.0. The quantitative estimate of drug-likeness (QED) is 0.205. The summed E-state index contributed by atoms with van der Waals surface area (Å²) in [7, 11) is 0. The molecule has 0 aromatic heterocycles. The molecule has 90 heavy (non-hydrogen) atoms. The molecule has 0 radical (unpaired) electrons. The zero-order valence-electron chi connectivity index (χ0n) is 65.3. The highest BCUT2D eigenvalue weighted by Gasteiger charge is 2.53. The predicted octanol–water partition coefficient (Wildman–Crippen LogP) is 30.0. The van der Waals surface area contributed by atoms with Crippen molar-refractivity contribution >= 4 is 0 Å². The third-order valence-electron chi connectivity index (χ3n) is 29.4. The molecule has 13 aliphatic carbocycles. The number of rotatable bonds is 10. The summed E-state index contributed by atoms with van der Waals surface area (Å²) in [4.78, 5) is 0. The highest BCUT2D eigenvalue weighted by Crippen LogP contribution is 2.62. The van der Waals surface area contributed by atoms with E-state index in [0.717, 1.165) is 154 Å². The number of hydrogen-bond donors (Lipinski definition) is 0. The molecule has 13 fully saturated rings. The van der Waals surface area contributed by atoms with Gasteiger partial charge in [-0.05, 0) is 288 Å². The van der Waals surface area contributed by atoms with Crippen molar-refractivity contribution in [2.24, 2.45) is 159 Å². The second-order valence-electron chi connectivity index (χ2n) is 39.4. The van der Waals surface area contributed by atoms with Crippen LogP contribution < -0.4 is 0 Å². The largest absolute Gasteiger partial charge is 0.0651 e. The summed E-state index contributed by atoms with van der Waals surface area (Å²) in [5, 5.41) is 0. The molecule has 0 heteroatoms. The summed E-state index contributed by atoms with van der Waals surface area (Å²) in [5.41, 5.74) is 0.694. The maximum atomic E-state index is 2.51. The average Bonchev–Trinajstić information content (AvgIpc) is 0.832. The smallest absolute Gasteiger partial charge is 0.0295 e. The van der Waals surface area contributed by atoms with Crippen LogP contribution in [0.5, 0.6) is 0 Å². The molecule has 0 N–H and O–H groups in total. The van der Waals surface area contributed by atoms with E-state index in [1.54, 1.807) is 122 Å². The van der Waals surface area contributed by atoms with Gasteiger partial charge in [0.2, 0.25) is 0 Å². The molecule has 17 atom stereocenters. The van der Waals surface area contributed by atoms with Crippen LogP contribution in [0.2, 0.25) is 0 Å². The molecule has 0 nitrogen and oxygen atoms in total. The molecular weight excluding hydrogens is 1080 g/mol. The van der Waals surface area contributed by atoms with E-state index in [2.05, 4.69) is 125 Å². The molecule has 0 aliphatic heterocycles. The van der Waals surface area contributed by atoms with Crippen molar-refractivity contribution in [3.05, 3.63) is 0 Å². The van der Waals surface area contributed by atoms with E-state index in [-0.39, 0.29) is 0 Å². The van der Waals surface area contributed by atoms with Gasteiger partial charge < -0.3 is 0 Å². The van der Waals surface area contributed by atoms with E-state index in [9.17, 15) is 0 Å². The molecule has 0 amide bonds. The zero-order chi connectivity index (χ0) is 65.3. The molecular formula is C90H170. The Balaban J connectivity index is 0.000000167. The second-order valence-corrected chi connectivity index (χ2v) is 39.4. The summed E-state index contributed by atoms with van der Waals surface area (Å²) in [6, 6.07) is 0. The minimum atomic E-state index is 0.694. The monoisotopic (exact) mass is 1250 g/mol. The maximum absolute atomic E-state index is 2.51. The fraction of sp³-hybridized carbons (Fsp3) is 1.00. The summed E-state index contributed by atoms with van der Waals surface area (Å²) in [6.07, 6.45) is 68.4. The highest BCUT2D eigenvalue weighted by atomic mass is 14.6. The molecule has 0 spiro atoms. The van der Waals surface area contributed by atoms with E-state index in [1.165, 1.54) is 167 Å². The fourth-order valence-electron chi connectivity index (χ4n) is 23.0. The van der Waals surface area contributed by atoms with Gasteiger partial charge in [-0.3, -0.25) is 0 Å². The standard InChI is InChI=1S/2C14H26.2C13H24.C13H26.C12H22.C11H22/c1-10(2)5-6-11-7-8-12-9-13(11)14(12,3)4;1-4-11-5-12-7-13(6-11)9-14(8-12)10(2)3;1-9(2)13-7-11-4-10(3)5-12(6-11)8-13;1-10(2)13-8-11-5-3-4-6-12(7-11)9-13;1-12(2)13-10-8-6-4-3-5-7-9-11-13;1-9(2)12-7-10-4-3-5-11(6-10)8-12;1-10(2)11-8-6-4-3-5-7-9-11/h10-13H,5-9H2,1-4H3;10-14H,4-9H2,1-3H3;9-13H,4-8H2,1-3H3;10-13H,3-9H2,1-2H3;12-13H,3-11H2,1-2H3;9-12H,3-8H2,1-2H3;10-11H,3-9H2,1-2H3/t11-,12+,13+;11?,12-,13+,14?;10?,11-,12+,13?;11-,12+,13?;;10-,11+,12?;/m1....../s1. The predicted molar refractivity (Wildman–Crippen MR) is 403 cm³/mol. The Kier molecular flexibility index (Phi) is 36.4. The third-order valence-corrected chi connectivity index (χ3v) is 29.4. The lowest BCUT2D eigenvalue weighted by molar-refractivity contribution is -0.107. The van der Waals surface area contributed by atoms with Crippen molar-refractivity contribution in [1.29, 1.82) is 0 Å². The van der Waals surface area contributed by atoms with Gasteiger partial charge >= 0.3 is 0 Å². The van der Waals surface area contributed by atoms with E-state index in [0.29, 0.717) is 5.41 Å². The Morgan fingerprint density at radius 1 is 0.289 bits per heavy atom. The second kappa shape index (κ2) is 41.4. The van der Waals surface area contributed by atoms with Gasteiger partial charge in [0.1, 0.15) is 0 Å². The van der Waals surface area contributed by atoms with Crippen LogP contribution in [0.1, 0.15) is 414 Å². The molecule has 6 unspecified atom stereocenters. The van der Waals surface area contributed by atoms with Gasteiger partial charge in [0.05, 0.1) is 0 Å². The Morgan fingerprint density at radius 3 is 0.900 bits per heavy atom. The van der Waals surface area contributed by atoms with Crippen molar-refractivity contribution < 1.29 is 0 Å². The summed E-state index contributed by atoms with van der Waals surface area (Å²) < 4.78 is 0. The normalized spacial score (nSPS) is 37.0. The maximum Gasteiger partial charge on any atom is -0.0295 e. The van der Waals surface area contributed by atoms with Crippen LogP contribution in [0.15, 0.2) is 0 Å². The lowest BCUT2D eigenvalue weighted by Gasteiger charge is -2.60. The first kappa shape index (κ1) is 79.0. The summed E-state index contributed by atoms with van der Waals surface area (Å²) >= 11 is 0. The number of fused-ring (bicyclic) bond motifs is 10. The molecule has 0 aromatic carbocycles. The van der Waals surface area contributed by atoms with Gasteiger partial charge in [-0.25, -0.2) is 0 Å². The van der Waals surface area contributed by atoms with Crippen molar-refractivity contribution in [2.45, 2.75) is 414 Å². The number of hydrogen-bond acceptors (Lipinski definition) is 0. The van der Waals surface area contributed by atoms with Crippen molar-refractivity contribution in [2.75, 3.05) is 0 Å². The average molecular weight is 1250 g/mol. The lowest BCUT2D eigenvalue weighted by atomic mass is 9.45. The molecule has 0 heterocycles. The summed E-state index contributed by atoms with van der Waals surface area (Å²) in [6.45, 7) is 43.4. The Morgan fingerprint density at radius 2 is 0.589 bits per heavy atom. The van der Waals surface area contributed by atoms with Gasteiger partial charge in [0.25, 0.3) is 0 Å². The molecule has 10 bridgehead atoms. The van der Waals surface area contributed by atoms with Crippen LogP contribution >= 0.6 is 0 Å². The van der Waals surface area contributed by atoms with Crippen molar-refractivity contribution in [3.8, 4) is 0 Å². The van der Waals surface area contributed by atoms with Crippen LogP contribution in [-0.2, 0) is 0 Å². The lowest BCUT2D eigenvalue weighted by Crippen LogP contribution is -2.52. The van der Waals surface area contributed by atoms with Crippen molar-refractivity contribution in [3.63, 3.8) is 0 Å². The minimum absolute atomic E-state index is 0.694. The van der Waals surface area contributed by atoms with E-state index in [4.69, 9.17) is 0 Å². The summed E-state index contributed by atoms with van der Waals surface area (Å²) in [5.74, 6) is 26.9. The van der Waals surface area contributed by atoms with Gasteiger partial charge in [0, 0.05) is 0 Å². The fourth-order valence-corrected chi connectivity index (χ4v) is 23.0. The SMILES string of the molecule is CC(C)C1CCCCCCC1.CC(C)C1CCCCCCCCC1.CC(C)C1C[C@H]2CCCC[C@@H](C1)C2.CC(C)C1C[C@H]2CCC[C@@H](C1)C2.CC(C)CC[C@@H]1CC[C@H]2C[C@@H]1C2(C)C.CC1C[C@@H]2CC(C(C)C)C[C@H](C1)C2.CCC1C[C@@H]2CC(C(C)C)C[C@H](C1)C2. The van der Waals surface area contributed by atoms with E-state index in [1.807, 2.05) is 0 Å². The van der Waals surface area contributed by atoms with Crippen LogP contribution in [0.4, 0.5) is 0 Å². The Labute approximate surface area is 569 Å². The molecule has 0 saturated heterocycles. The molecule has 530 valence electrons.